The van der Waals surface area contributed by atoms with Crippen LogP contribution >= 0.6 is 11.6 Å². The molecule has 0 aliphatic carbocycles. The van der Waals surface area contributed by atoms with Gasteiger partial charge in [0.2, 0.25) is 10.0 Å². The van der Waals surface area contributed by atoms with Crippen molar-refractivity contribution in [2.24, 2.45) is 0 Å². The monoisotopic (exact) mass is 309 g/mol. The van der Waals surface area contributed by atoms with Gasteiger partial charge in [-0.1, -0.05) is 24.4 Å². The zero-order chi connectivity index (χ0) is 14.3. The van der Waals surface area contributed by atoms with Crippen molar-refractivity contribution >= 4 is 21.6 Å². The Bertz CT molecular complexity index is 508. The molecule has 0 saturated heterocycles. The Hall–Kier alpha value is -0.690. The molecular weight excluding hydrogens is 293 g/mol. The molecule has 0 saturated carbocycles. The highest BCUT2D eigenvalue weighted by Gasteiger charge is 2.18. The van der Waals surface area contributed by atoms with E-state index in [4.69, 9.17) is 16.7 Å². The fourth-order valence-electron chi connectivity index (χ4n) is 1.57. The molecule has 0 atom stereocenters. The highest BCUT2D eigenvalue weighted by atomic mass is 35.5. The molecule has 108 valence electrons. The molecule has 0 spiro atoms. The molecule has 7 heteroatoms. The summed E-state index contributed by atoms with van der Waals surface area (Å²) in [6.45, 7) is 0.386. The van der Waals surface area contributed by atoms with Gasteiger partial charge in [-0.25, -0.2) is 17.5 Å². The molecule has 1 aromatic rings. The SMILES string of the molecule is O=S(=O)(NCCCCCCO)c1ccc(Cl)cc1F. The number of sulfonamides is 1. The summed E-state index contributed by atoms with van der Waals surface area (Å²) in [5, 5.41) is 8.74. The molecule has 0 aromatic heterocycles. The van der Waals surface area contributed by atoms with Gasteiger partial charge in [0, 0.05) is 18.2 Å². The topological polar surface area (TPSA) is 66.4 Å². The average molecular weight is 310 g/mol. The van der Waals surface area contributed by atoms with E-state index in [1.807, 2.05) is 0 Å². The van der Waals surface area contributed by atoms with Gasteiger partial charge in [0.15, 0.2) is 0 Å². The van der Waals surface area contributed by atoms with Crippen LogP contribution in [0.25, 0.3) is 0 Å². The minimum absolute atomic E-state index is 0.141. The number of halogens is 2. The van der Waals surface area contributed by atoms with Crippen LogP contribution in [0.2, 0.25) is 5.02 Å². The Morgan fingerprint density at radius 2 is 1.89 bits per heavy atom. The van der Waals surface area contributed by atoms with Crippen LogP contribution in [0.15, 0.2) is 23.1 Å². The van der Waals surface area contributed by atoms with Crippen LogP contribution in [0.5, 0.6) is 0 Å². The number of benzene rings is 1. The van der Waals surface area contributed by atoms with Crippen molar-refractivity contribution in [1.82, 2.24) is 4.72 Å². The predicted octanol–water partition coefficient (Wildman–Crippen LogP) is 2.31. The average Bonchev–Trinajstić information content (AvgIpc) is 2.33. The zero-order valence-corrected chi connectivity index (χ0v) is 12.0. The van der Waals surface area contributed by atoms with Gasteiger partial charge in [-0.05, 0) is 31.0 Å². The van der Waals surface area contributed by atoms with Crippen LogP contribution in [0.1, 0.15) is 25.7 Å². The zero-order valence-electron chi connectivity index (χ0n) is 10.4. The van der Waals surface area contributed by atoms with Gasteiger partial charge >= 0.3 is 0 Å². The highest BCUT2D eigenvalue weighted by molar-refractivity contribution is 7.89. The van der Waals surface area contributed by atoms with Crippen LogP contribution in [-0.4, -0.2) is 26.7 Å². The first-order valence-corrected chi connectivity index (χ1v) is 7.89. The summed E-state index contributed by atoms with van der Waals surface area (Å²) in [5.41, 5.74) is 0. The summed E-state index contributed by atoms with van der Waals surface area (Å²) in [6, 6.07) is 3.45. The molecule has 0 aliphatic rings. The molecule has 1 rings (SSSR count). The molecule has 2 N–H and O–H groups in total. The lowest BCUT2D eigenvalue weighted by atomic mass is 10.2. The Balaban J connectivity index is 2.52. The summed E-state index contributed by atoms with van der Waals surface area (Å²) >= 11 is 5.57. The quantitative estimate of drug-likeness (QED) is 0.724. The maximum Gasteiger partial charge on any atom is 0.243 e. The van der Waals surface area contributed by atoms with Gasteiger partial charge in [0.1, 0.15) is 10.7 Å². The molecule has 0 radical (unpaired) electrons. The lowest BCUT2D eigenvalue weighted by Crippen LogP contribution is -2.25. The van der Waals surface area contributed by atoms with E-state index < -0.39 is 20.7 Å². The van der Waals surface area contributed by atoms with Crippen molar-refractivity contribution in [3.05, 3.63) is 29.0 Å². The maximum absolute atomic E-state index is 13.5. The Kier molecular flexibility index (Phi) is 6.71. The Morgan fingerprint density at radius 1 is 1.21 bits per heavy atom. The second kappa shape index (κ2) is 7.79. The minimum atomic E-state index is -3.83. The van der Waals surface area contributed by atoms with E-state index in [9.17, 15) is 12.8 Å². The summed E-state index contributed by atoms with van der Waals surface area (Å²) in [6.07, 6.45) is 3.01. The second-order valence-corrected chi connectivity index (χ2v) is 6.28. The highest BCUT2D eigenvalue weighted by Crippen LogP contribution is 2.18. The van der Waals surface area contributed by atoms with E-state index in [1.54, 1.807) is 0 Å². The van der Waals surface area contributed by atoms with Crippen LogP contribution in [0.4, 0.5) is 4.39 Å². The first-order valence-electron chi connectivity index (χ1n) is 6.03. The van der Waals surface area contributed by atoms with E-state index in [0.29, 0.717) is 12.8 Å². The van der Waals surface area contributed by atoms with Crippen molar-refractivity contribution in [2.45, 2.75) is 30.6 Å². The lowest BCUT2D eigenvalue weighted by Gasteiger charge is -2.07. The van der Waals surface area contributed by atoms with Crippen LogP contribution in [-0.2, 0) is 10.0 Å². The first-order chi connectivity index (χ1) is 8.97. The molecule has 19 heavy (non-hydrogen) atoms. The largest absolute Gasteiger partial charge is 0.396 e. The number of hydrogen-bond acceptors (Lipinski definition) is 3. The molecule has 4 nitrogen and oxygen atoms in total. The summed E-state index contributed by atoms with van der Waals surface area (Å²) in [7, 11) is -3.83. The third-order valence-electron chi connectivity index (χ3n) is 2.56. The summed E-state index contributed by atoms with van der Waals surface area (Å²) in [4.78, 5) is -0.396. The number of aliphatic hydroxyl groups excluding tert-OH is 1. The second-order valence-electron chi connectivity index (χ2n) is 4.11. The van der Waals surface area contributed by atoms with E-state index in [1.165, 1.54) is 6.07 Å². The van der Waals surface area contributed by atoms with Crippen molar-refractivity contribution in [2.75, 3.05) is 13.2 Å². The molecule has 0 aliphatic heterocycles. The number of unbranched alkanes of at least 4 members (excludes halogenated alkanes) is 3. The summed E-state index contributed by atoms with van der Waals surface area (Å²) in [5.74, 6) is -0.861. The number of rotatable bonds is 8. The fourth-order valence-corrected chi connectivity index (χ4v) is 2.86. The van der Waals surface area contributed by atoms with Crippen LogP contribution in [0, 0.1) is 5.82 Å². The Labute approximate surface area is 117 Å². The lowest BCUT2D eigenvalue weighted by molar-refractivity contribution is 0.282. The third-order valence-corrected chi connectivity index (χ3v) is 4.29. The standard InChI is InChI=1S/C12H17ClFNO3S/c13-10-5-6-12(11(14)9-10)19(17,18)15-7-3-1-2-4-8-16/h5-6,9,15-16H,1-4,7-8H2. The van der Waals surface area contributed by atoms with Crippen LogP contribution < -0.4 is 4.72 Å². The number of aliphatic hydroxyl groups is 1. The molecule has 0 heterocycles. The van der Waals surface area contributed by atoms with Gasteiger partial charge in [-0.2, -0.15) is 0 Å². The van der Waals surface area contributed by atoms with Gasteiger partial charge < -0.3 is 5.11 Å². The molecule has 0 amide bonds. The van der Waals surface area contributed by atoms with E-state index in [0.717, 1.165) is 25.0 Å². The van der Waals surface area contributed by atoms with Crippen molar-refractivity contribution in [3.63, 3.8) is 0 Å². The molecule has 0 bridgehead atoms. The maximum atomic E-state index is 13.5. The van der Waals surface area contributed by atoms with Gasteiger partial charge in [0.05, 0.1) is 0 Å². The predicted molar refractivity (Wildman–Crippen MR) is 72.2 cm³/mol. The normalized spacial score (nSPS) is 11.7. The molecule has 0 unspecified atom stereocenters. The Morgan fingerprint density at radius 3 is 2.53 bits per heavy atom. The van der Waals surface area contributed by atoms with E-state index in [2.05, 4.69) is 4.72 Å². The van der Waals surface area contributed by atoms with Crippen molar-refractivity contribution in [3.8, 4) is 0 Å². The van der Waals surface area contributed by atoms with Crippen molar-refractivity contribution in [1.29, 1.82) is 0 Å². The van der Waals surface area contributed by atoms with Gasteiger partial charge in [-0.15, -0.1) is 0 Å². The molecule has 0 fully saturated rings. The fraction of sp³-hybridized carbons (Fsp3) is 0.500. The van der Waals surface area contributed by atoms with E-state index in [-0.39, 0.29) is 18.2 Å². The summed E-state index contributed by atoms with van der Waals surface area (Å²) < 4.78 is 39.5. The first kappa shape index (κ1) is 16.4. The smallest absolute Gasteiger partial charge is 0.243 e. The molecular formula is C12H17ClFNO3S. The molecule has 1 aromatic carbocycles. The number of nitrogens with one attached hydrogen (secondary N) is 1. The number of hydrogen-bond donors (Lipinski definition) is 2. The van der Waals surface area contributed by atoms with Crippen molar-refractivity contribution < 1.29 is 17.9 Å². The third kappa shape index (κ3) is 5.44. The van der Waals surface area contributed by atoms with Gasteiger partial charge in [-0.3, -0.25) is 0 Å². The minimum Gasteiger partial charge on any atom is -0.396 e. The van der Waals surface area contributed by atoms with Crippen LogP contribution in [0.3, 0.4) is 0 Å². The van der Waals surface area contributed by atoms with Gasteiger partial charge in [0.25, 0.3) is 0 Å². The van der Waals surface area contributed by atoms with E-state index >= 15 is 0 Å².